The Morgan fingerprint density at radius 3 is 2.57 bits per heavy atom. The van der Waals surface area contributed by atoms with Crippen LogP contribution in [0.5, 0.6) is 0 Å². The summed E-state index contributed by atoms with van der Waals surface area (Å²) in [6.07, 6.45) is 1.52. The largest absolute Gasteiger partial charge is 0.326 e. The first kappa shape index (κ1) is 16.0. The van der Waals surface area contributed by atoms with E-state index in [1.54, 1.807) is 19.1 Å². The van der Waals surface area contributed by atoms with Gasteiger partial charge in [0.05, 0.1) is 10.7 Å². The summed E-state index contributed by atoms with van der Waals surface area (Å²) in [5, 5.41) is 0.372. The van der Waals surface area contributed by atoms with Crippen molar-refractivity contribution in [1.82, 2.24) is 4.98 Å². The molecular formula is C13H13Cl2N3O2S. The number of nitrogens with zero attached hydrogens (tertiary/aromatic N) is 1. The summed E-state index contributed by atoms with van der Waals surface area (Å²) in [4.78, 5) is 3.94. The van der Waals surface area contributed by atoms with E-state index >= 15 is 0 Å². The molecule has 3 N–H and O–H groups in total. The van der Waals surface area contributed by atoms with E-state index < -0.39 is 10.0 Å². The van der Waals surface area contributed by atoms with Crippen molar-refractivity contribution >= 4 is 38.9 Å². The Morgan fingerprint density at radius 1 is 1.24 bits per heavy atom. The second kappa shape index (κ2) is 6.19. The summed E-state index contributed by atoms with van der Waals surface area (Å²) in [7, 11) is -3.83. The number of pyridine rings is 1. The van der Waals surface area contributed by atoms with Gasteiger partial charge in [-0.3, -0.25) is 9.71 Å². The smallest absolute Gasteiger partial charge is 0.263 e. The summed E-state index contributed by atoms with van der Waals surface area (Å²) < 4.78 is 27.3. The predicted octanol–water partition coefficient (Wildman–Crippen LogP) is 2.96. The molecule has 0 fully saturated rings. The molecule has 21 heavy (non-hydrogen) atoms. The minimum Gasteiger partial charge on any atom is -0.326 e. The quantitative estimate of drug-likeness (QED) is 0.891. The second-order valence-electron chi connectivity index (χ2n) is 4.37. The molecule has 112 valence electrons. The number of rotatable bonds is 4. The fourth-order valence-corrected chi connectivity index (χ4v) is 3.68. The van der Waals surface area contributed by atoms with E-state index in [0.29, 0.717) is 22.0 Å². The number of hydrogen-bond acceptors (Lipinski definition) is 4. The van der Waals surface area contributed by atoms with E-state index in [2.05, 4.69) is 9.71 Å². The van der Waals surface area contributed by atoms with Crippen LogP contribution in [-0.4, -0.2) is 13.4 Å². The highest BCUT2D eigenvalue weighted by atomic mass is 35.5. The van der Waals surface area contributed by atoms with Gasteiger partial charge in [0, 0.05) is 23.5 Å². The van der Waals surface area contributed by atoms with Crippen LogP contribution >= 0.6 is 23.2 Å². The first-order valence-corrected chi connectivity index (χ1v) is 8.21. The van der Waals surface area contributed by atoms with Crippen molar-refractivity contribution in [3.05, 3.63) is 51.8 Å². The van der Waals surface area contributed by atoms with Crippen molar-refractivity contribution in [2.75, 3.05) is 4.72 Å². The van der Waals surface area contributed by atoms with Crippen molar-refractivity contribution < 1.29 is 8.42 Å². The maximum atomic E-state index is 12.4. The number of anilines is 1. The molecule has 2 rings (SSSR count). The average Bonchev–Trinajstić information content (AvgIpc) is 2.37. The van der Waals surface area contributed by atoms with Crippen molar-refractivity contribution in [2.45, 2.75) is 18.4 Å². The molecule has 0 spiro atoms. The number of aryl methyl sites for hydroxylation is 1. The molecule has 0 radical (unpaired) electrons. The molecule has 0 amide bonds. The van der Waals surface area contributed by atoms with E-state index in [0.717, 1.165) is 0 Å². The van der Waals surface area contributed by atoms with Crippen LogP contribution in [-0.2, 0) is 16.6 Å². The Morgan fingerprint density at radius 2 is 1.95 bits per heavy atom. The minimum atomic E-state index is -3.83. The van der Waals surface area contributed by atoms with Crippen LogP contribution in [0, 0.1) is 6.92 Å². The predicted molar refractivity (Wildman–Crippen MR) is 84.1 cm³/mol. The third kappa shape index (κ3) is 3.65. The van der Waals surface area contributed by atoms with Crippen LogP contribution in [0.3, 0.4) is 0 Å². The molecule has 0 aliphatic carbocycles. The molecule has 8 heteroatoms. The maximum absolute atomic E-state index is 12.4. The zero-order chi connectivity index (χ0) is 15.6. The van der Waals surface area contributed by atoms with E-state index in [1.165, 1.54) is 18.3 Å². The van der Waals surface area contributed by atoms with Gasteiger partial charge in [0.15, 0.2) is 0 Å². The molecule has 1 aromatic carbocycles. The molecular weight excluding hydrogens is 333 g/mol. The summed E-state index contributed by atoms with van der Waals surface area (Å²) in [6.45, 7) is 1.88. The zero-order valence-electron chi connectivity index (χ0n) is 11.1. The van der Waals surface area contributed by atoms with E-state index in [-0.39, 0.29) is 16.5 Å². The van der Waals surface area contributed by atoms with Gasteiger partial charge in [-0.1, -0.05) is 23.2 Å². The monoisotopic (exact) mass is 345 g/mol. The van der Waals surface area contributed by atoms with Crippen LogP contribution in [0.1, 0.15) is 11.3 Å². The molecule has 2 aromatic rings. The van der Waals surface area contributed by atoms with Gasteiger partial charge in [-0.05, 0) is 36.8 Å². The van der Waals surface area contributed by atoms with Crippen LogP contribution in [0.2, 0.25) is 10.0 Å². The Balaban J connectivity index is 2.44. The number of halogens is 2. The normalized spacial score (nSPS) is 11.4. The summed E-state index contributed by atoms with van der Waals surface area (Å²) in [6, 6.07) is 5.92. The first-order valence-electron chi connectivity index (χ1n) is 5.97. The molecule has 0 saturated carbocycles. The Hall–Kier alpha value is -1.34. The van der Waals surface area contributed by atoms with Crippen LogP contribution < -0.4 is 10.5 Å². The lowest BCUT2D eigenvalue weighted by Crippen LogP contribution is -2.14. The Labute approximate surface area is 133 Å². The van der Waals surface area contributed by atoms with E-state index in [1.807, 2.05) is 0 Å². The summed E-state index contributed by atoms with van der Waals surface area (Å²) in [5.74, 6) is 0. The topological polar surface area (TPSA) is 85.1 Å². The molecule has 0 unspecified atom stereocenters. The zero-order valence-corrected chi connectivity index (χ0v) is 13.4. The van der Waals surface area contributed by atoms with Crippen molar-refractivity contribution in [3.63, 3.8) is 0 Å². The van der Waals surface area contributed by atoms with Gasteiger partial charge in [0.1, 0.15) is 4.90 Å². The number of nitrogens with one attached hydrogen (secondary N) is 1. The maximum Gasteiger partial charge on any atom is 0.263 e. The van der Waals surface area contributed by atoms with Gasteiger partial charge in [-0.25, -0.2) is 8.42 Å². The molecule has 5 nitrogen and oxygen atoms in total. The molecule has 1 aromatic heterocycles. The fraction of sp³-hybridized carbons (Fsp3) is 0.154. The van der Waals surface area contributed by atoms with Gasteiger partial charge >= 0.3 is 0 Å². The average molecular weight is 346 g/mol. The van der Waals surface area contributed by atoms with E-state index in [9.17, 15) is 8.42 Å². The van der Waals surface area contributed by atoms with Crippen molar-refractivity contribution in [2.24, 2.45) is 5.73 Å². The van der Waals surface area contributed by atoms with Gasteiger partial charge in [0.25, 0.3) is 10.0 Å². The molecule has 0 aliphatic rings. The highest BCUT2D eigenvalue weighted by Crippen LogP contribution is 2.29. The highest BCUT2D eigenvalue weighted by Gasteiger charge is 2.20. The fourth-order valence-electron chi connectivity index (χ4n) is 1.75. The molecule has 0 bridgehead atoms. The minimum absolute atomic E-state index is 0.0375. The highest BCUT2D eigenvalue weighted by molar-refractivity contribution is 7.92. The third-order valence-corrected chi connectivity index (χ3v) is 4.96. The lowest BCUT2D eigenvalue weighted by Gasteiger charge is -2.12. The first-order chi connectivity index (χ1) is 9.83. The number of aromatic nitrogens is 1. The lowest BCUT2D eigenvalue weighted by atomic mass is 10.2. The molecule has 0 atom stereocenters. The Kier molecular flexibility index (Phi) is 4.73. The summed E-state index contributed by atoms with van der Waals surface area (Å²) >= 11 is 11.9. The number of sulfonamides is 1. The van der Waals surface area contributed by atoms with Gasteiger partial charge < -0.3 is 5.73 Å². The van der Waals surface area contributed by atoms with Gasteiger partial charge in [-0.15, -0.1) is 0 Å². The number of benzene rings is 1. The van der Waals surface area contributed by atoms with Crippen LogP contribution in [0.4, 0.5) is 5.69 Å². The summed E-state index contributed by atoms with van der Waals surface area (Å²) in [5.41, 5.74) is 7.14. The molecule has 0 saturated heterocycles. The lowest BCUT2D eigenvalue weighted by molar-refractivity contribution is 0.601. The van der Waals surface area contributed by atoms with Crippen LogP contribution in [0.15, 0.2) is 35.4 Å². The third-order valence-electron chi connectivity index (χ3n) is 2.76. The van der Waals surface area contributed by atoms with Gasteiger partial charge in [-0.2, -0.15) is 0 Å². The molecule has 0 aliphatic heterocycles. The van der Waals surface area contributed by atoms with Gasteiger partial charge in [0.2, 0.25) is 0 Å². The van der Waals surface area contributed by atoms with Crippen LogP contribution in [0.25, 0.3) is 0 Å². The number of hydrogen-bond donors (Lipinski definition) is 2. The van der Waals surface area contributed by atoms with E-state index in [4.69, 9.17) is 28.9 Å². The van der Waals surface area contributed by atoms with Crippen molar-refractivity contribution in [1.29, 1.82) is 0 Å². The molecule has 1 heterocycles. The Bertz CT molecular complexity index is 779. The second-order valence-corrected chi connectivity index (χ2v) is 6.83. The number of nitrogens with two attached hydrogens (primary N) is 1. The SMILES string of the molecule is Cc1cc(NS(=O)(=O)c2cc(CN)c(Cl)cc2Cl)ccn1. The van der Waals surface area contributed by atoms with Crippen molar-refractivity contribution in [3.8, 4) is 0 Å². The standard InChI is InChI=1S/C13H13Cl2N3O2S/c1-8-4-10(2-3-17-8)18-21(19,20)13-5-9(7-16)11(14)6-12(13)15/h2-6H,7,16H2,1H3,(H,17,18).